The van der Waals surface area contributed by atoms with Crippen LogP contribution in [-0.4, -0.2) is 5.75 Å². The minimum Gasteiger partial charge on any atom is -0.352 e. The largest absolute Gasteiger partial charge is 0.352 e. The van der Waals surface area contributed by atoms with Gasteiger partial charge in [-0.05, 0) is 30.0 Å². The van der Waals surface area contributed by atoms with Crippen molar-refractivity contribution in [2.45, 2.75) is 11.8 Å². The summed E-state index contributed by atoms with van der Waals surface area (Å²) in [5.74, 6) is 0.343. The van der Waals surface area contributed by atoms with Crippen molar-refractivity contribution in [1.82, 2.24) is 0 Å². The van der Waals surface area contributed by atoms with Crippen molar-refractivity contribution < 1.29 is 4.39 Å². The first-order chi connectivity index (χ1) is 9.67. The lowest BCUT2D eigenvalue weighted by molar-refractivity contribution is 0.632. The Morgan fingerprint density at radius 1 is 1.25 bits per heavy atom. The van der Waals surface area contributed by atoms with Gasteiger partial charge < -0.3 is 5.32 Å². The predicted molar refractivity (Wildman–Crippen MR) is 82.2 cm³/mol. The van der Waals surface area contributed by atoms with E-state index in [0.717, 1.165) is 10.6 Å². The molecule has 0 saturated carbocycles. The van der Waals surface area contributed by atoms with Crippen LogP contribution in [0.2, 0.25) is 5.02 Å². The Bertz CT molecular complexity index is 667. The number of hydrogen-bond donors (Lipinski definition) is 1. The summed E-state index contributed by atoms with van der Waals surface area (Å²) in [6.07, 6.45) is 0. The molecule has 0 spiro atoms. The molecule has 0 aromatic heterocycles. The van der Waals surface area contributed by atoms with E-state index in [2.05, 4.69) is 11.4 Å². The van der Waals surface area contributed by atoms with E-state index in [4.69, 9.17) is 11.6 Å². The predicted octanol–water partition coefficient (Wildman–Crippen LogP) is 5.21. The molecule has 1 N–H and O–H groups in total. The van der Waals surface area contributed by atoms with Crippen LogP contribution in [0, 0.1) is 17.1 Å². The van der Waals surface area contributed by atoms with Gasteiger partial charge in [-0.2, -0.15) is 5.26 Å². The van der Waals surface area contributed by atoms with Crippen molar-refractivity contribution in [2.24, 2.45) is 0 Å². The molecule has 0 heterocycles. The van der Waals surface area contributed by atoms with Gasteiger partial charge in [0.25, 0.3) is 0 Å². The number of thioether (sulfide) groups is 1. The summed E-state index contributed by atoms with van der Waals surface area (Å²) in [5, 5.41) is 12.3. The third-order valence-corrected chi connectivity index (χ3v) is 3.89. The number of hydrogen-bond acceptors (Lipinski definition) is 3. The van der Waals surface area contributed by atoms with Gasteiger partial charge in [0.15, 0.2) is 5.82 Å². The minimum absolute atomic E-state index is 0.0487. The van der Waals surface area contributed by atoms with Crippen LogP contribution in [0.3, 0.4) is 0 Å². The van der Waals surface area contributed by atoms with Gasteiger partial charge in [-0.1, -0.05) is 30.7 Å². The van der Waals surface area contributed by atoms with E-state index in [0.29, 0.717) is 11.3 Å². The van der Waals surface area contributed by atoms with Crippen LogP contribution < -0.4 is 5.32 Å². The van der Waals surface area contributed by atoms with Crippen LogP contribution in [0.1, 0.15) is 12.5 Å². The zero-order chi connectivity index (χ0) is 14.5. The van der Waals surface area contributed by atoms with E-state index in [9.17, 15) is 9.65 Å². The molecule has 102 valence electrons. The molecule has 5 heteroatoms. The highest BCUT2D eigenvalue weighted by Crippen LogP contribution is 2.31. The molecule has 0 atom stereocenters. The minimum atomic E-state index is -0.522. The second kappa shape index (κ2) is 6.65. The Morgan fingerprint density at radius 3 is 2.65 bits per heavy atom. The SMILES string of the molecule is CCSc1cccc(Nc2cccc(Cl)c2F)c1C#N. The molecule has 2 nitrogen and oxygen atoms in total. The van der Waals surface area contributed by atoms with Gasteiger partial charge in [0, 0.05) is 4.90 Å². The quantitative estimate of drug-likeness (QED) is 0.788. The second-order valence-electron chi connectivity index (χ2n) is 3.95. The maximum atomic E-state index is 13.9. The van der Waals surface area contributed by atoms with Crippen molar-refractivity contribution in [3.8, 4) is 6.07 Å². The monoisotopic (exact) mass is 306 g/mol. The number of nitrogens with zero attached hydrogens (tertiary/aromatic N) is 1. The summed E-state index contributed by atoms with van der Waals surface area (Å²) in [7, 11) is 0. The molecule has 0 fully saturated rings. The lowest BCUT2D eigenvalue weighted by Gasteiger charge is -2.12. The Morgan fingerprint density at radius 2 is 1.95 bits per heavy atom. The normalized spacial score (nSPS) is 10.1. The van der Waals surface area contributed by atoms with Gasteiger partial charge in [-0.25, -0.2) is 4.39 Å². The van der Waals surface area contributed by atoms with Crippen LogP contribution in [0.4, 0.5) is 15.8 Å². The number of nitriles is 1. The average Bonchev–Trinajstić information content (AvgIpc) is 2.44. The van der Waals surface area contributed by atoms with E-state index >= 15 is 0 Å². The van der Waals surface area contributed by atoms with E-state index in [1.54, 1.807) is 30.0 Å². The van der Waals surface area contributed by atoms with Gasteiger partial charge >= 0.3 is 0 Å². The van der Waals surface area contributed by atoms with Crippen molar-refractivity contribution in [1.29, 1.82) is 5.26 Å². The average molecular weight is 307 g/mol. The third kappa shape index (κ3) is 3.06. The summed E-state index contributed by atoms with van der Waals surface area (Å²) >= 11 is 7.33. The first-order valence-electron chi connectivity index (χ1n) is 6.04. The van der Waals surface area contributed by atoms with Crippen LogP contribution >= 0.6 is 23.4 Å². The molecule has 0 radical (unpaired) electrons. The highest BCUT2D eigenvalue weighted by Gasteiger charge is 2.11. The van der Waals surface area contributed by atoms with E-state index in [1.165, 1.54) is 6.07 Å². The zero-order valence-corrected chi connectivity index (χ0v) is 12.4. The van der Waals surface area contributed by atoms with Crippen molar-refractivity contribution >= 4 is 34.7 Å². The highest BCUT2D eigenvalue weighted by atomic mass is 35.5. The molecule has 0 bridgehead atoms. The highest BCUT2D eigenvalue weighted by molar-refractivity contribution is 7.99. The summed E-state index contributed by atoms with van der Waals surface area (Å²) in [6.45, 7) is 2.02. The Balaban J connectivity index is 2.41. The molecular formula is C15H12ClFN2S. The zero-order valence-electron chi connectivity index (χ0n) is 10.8. The van der Waals surface area contributed by atoms with Gasteiger partial charge in [0.2, 0.25) is 0 Å². The molecule has 0 aliphatic rings. The number of benzene rings is 2. The number of halogens is 2. The molecule has 0 saturated heterocycles. The standard InChI is InChI=1S/C15H12ClFN2S/c1-2-20-14-8-4-6-12(10(14)9-18)19-13-7-3-5-11(16)15(13)17/h3-8,19H,2H2,1H3. The molecular weight excluding hydrogens is 295 g/mol. The molecule has 0 amide bonds. The lowest BCUT2D eigenvalue weighted by Crippen LogP contribution is -1.98. The van der Waals surface area contributed by atoms with Gasteiger partial charge in [-0.3, -0.25) is 0 Å². The van der Waals surface area contributed by atoms with Gasteiger partial charge in [0.1, 0.15) is 6.07 Å². The van der Waals surface area contributed by atoms with Crippen molar-refractivity contribution in [3.05, 3.63) is 52.8 Å². The summed E-state index contributed by atoms with van der Waals surface area (Å²) < 4.78 is 13.9. The van der Waals surface area contributed by atoms with Gasteiger partial charge in [0.05, 0.1) is 22.0 Å². The Hall–Kier alpha value is -1.70. The molecule has 0 unspecified atom stereocenters. The molecule has 2 aromatic carbocycles. The number of nitrogens with one attached hydrogen (secondary N) is 1. The van der Waals surface area contributed by atoms with Gasteiger partial charge in [-0.15, -0.1) is 11.8 Å². The van der Waals surface area contributed by atoms with E-state index in [1.807, 2.05) is 19.1 Å². The lowest BCUT2D eigenvalue weighted by atomic mass is 10.2. The smallest absolute Gasteiger partial charge is 0.165 e. The van der Waals surface area contributed by atoms with Crippen molar-refractivity contribution in [2.75, 3.05) is 11.1 Å². The van der Waals surface area contributed by atoms with Crippen LogP contribution in [0.5, 0.6) is 0 Å². The third-order valence-electron chi connectivity index (χ3n) is 2.66. The van der Waals surface area contributed by atoms with E-state index in [-0.39, 0.29) is 10.7 Å². The molecule has 20 heavy (non-hydrogen) atoms. The number of anilines is 2. The summed E-state index contributed by atoms with van der Waals surface area (Å²) in [5.41, 5.74) is 1.35. The molecule has 2 aromatic rings. The second-order valence-corrected chi connectivity index (χ2v) is 5.66. The first-order valence-corrected chi connectivity index (χ1v) is 7.40. The van der Waals surface area contributed by atoms with Crippen LogP contribution in [0.25, 0.3) is 0 Å². The molecule has 0 aliphatic heterocycles. The molecule has 2 rings (SSSR count). The summed E-state index contributed by atoms with van der Waals surface area (Å²) in [4.78, 5) is 0.877. The first kappa shape index (κ1) is 14.7. The Labute approximate surface area is 126 Å². The maximum absolute atomic E-state index is 13.9. The fraction of sp³-hybridized carbons (Fsp3) is 0.133. The number of rotatable bonds is 4. The molecule has 0 aliphatic carbocycles. The van der Waals surface area contributed by atoms with Crippen molar-refractivity contribution in [3.63, 3.8) is 0 Å². The Kier molecular flexibility index (Phi) is 4.89. The fourth-order valence-electron chi connectivity index (χ4n) is 1.77. The maximum Gasteiger partial charge on any atom is 0.165 e. The van der Waals surface area contributed by atoms with Crippen LogP contribution in [-0.2, 0) is 0 Å². The van der Waals surface area contributed by atoms with E-state index < -0.39 is 5.82 Å². The fourth-order valence-corrected chi connectivity index (χ4v) is 2.73. The summed E-state index contributed by atoms with van der Waals surface area (Å²) in [6, 6.07) is 12.4. The van der Waals surface area contributed by atoms with Crippen LogP contribution in [0.15, 0.2) is 41.3 Å². The topological polar surface area (TPSA) is 35.8 Å².